The van der Waals surface area contributed by atoms with Gasteiger partial charge < -0.3 is 9.47 Å². The minimum Gasteiger partial charge on any atom is -0.353 e. The van der Waals surface area contributed by atoms with Gasteiger partial charge in [0, 0.05) is 5.92 Å². The van der Waals surface area contributed by atoms with E-state index >= 15 is 0 Å². The van der Waals surface area contributed by atoms with Crippen LogP contribution >= 0.6 is 0 Å². The van der Waals surface area contributed by atoms with Crippen molar-refractivity contribution in [3.05, 3.63) is 35.4 Å². The highest BCUT2D eigenvalue weighted by Gasteiger charge is 2.37. The van der Waals surface area contributed by atoms with E-state index in [1.807, 2.05) is 6.92 Å². The van der Waals surface area contributed by atoms with Gasteiger partial charge in [0.25, 0.3) is 0 Å². The molecule has 0 N–H and O–H groups in total. The highest BCUT2D eigenvalue weighted by atomic mass is 16.7. The Labute approximate surface area is 83.8 Å². The summed E-state index contributed by atoms with van der Waals surface area (Å²) in [5.74, 6) is 0.531. The molecule has 1 saturated heterocycles. The van der Waals surface area contributed by atoms with Crippen molar-refractivity contribution >= 4 is 0 Å². The van der Waals surface area contributed by atoms with Crippen LogP contribution in [-0.2, 0) is 15.9 Å². The maximum atomic E-state index is 5.81. The van der Waals surface area contributed by atoms with E-state index in [1.54, 1.807) is 0 Å². The largest absolute Gasteiger partial charge is 0.353 e. The first kappa shape index (κ1) is 8.45. The molecule has 1 aromatic rings. The molecular formula is C12H14O2. The third kappa shape index (κ3) is 1.18. The second-order valence-electron chi connectivity index (χ2n) is 4.12. The molecule has 0 saturated carbocycles. The van der Waals surface area contributed by atoms with Crippen LogP contribution in [0.4, 0.5) is 0 Å². The van der Waals surface area contributed by atoms with Crippen molar-refractivity contribution in [3.8, 4) is 0 Å². The Morgan fingerprint density at radius 3 is 3.07 bits per heavy atom. The number of rotatable bonds is 0. The fourth-order valence-corrected chi connectivity index (χ4v) is 2.48. The Morgan fingerprint density at radius 1 is 1.29 bits per heavy atom. The maximum absolute atomic E-state index is 5.81. The molecule has 0 unspecified atom stereocenters. The predicted octanol–water partition coefficient (Wildman–Crippen LogP) is 2.29. The molecule has 0 bridgehead atoms. The van der Waals surface area contributed by atoms with Crippen LogP contribution in [0.2, 0.25) is 0 Å². The lowest BCUT2D eigenvalue weighted by Gasteiger charge is -2.31. The average molecular weight is 190 g/mol. The molecule has 3 atom stereocenters. The van der Waals surface area contributed by atoms with Gasteiger partial charge in [0.2, 0.25) is 0 Å². The zero-order chi connectivity index (χ0) is 9.54. The summed E-state index contributed by atoms with van der Waals surface area (Å²) in [5, 5.41) is 0. The Hall–Kier alpha value is -0.860. The molecule has 0 radical (unpaired) electrons. The second-order valence-corrected chi connectivity index (χ2v) is 4.12. The van der Waals surface area contributed by atoms with E-state index in [9.17, 15) is 0 Å². The van der Waals surface area contributed by atoms with Crippen LogP contribution in [0.3, 0.4) is 0 Å². The van der Waals surface area contributed by atoms with Gasteiger partial charge in [0.1, 0.15) is 0 Å². The van der Waals surface area contributed by atoms with Gasteiger partial charge in [0.15, 0.2) is 6.29 Å². The van der Waals surface area contributed by atoms with E-state index in [0.717, 1.165) is 13.0 Å². The second kappa shape index (κ2) is 3.07. The molecule has 1 heterocycles. The minimum absolute atomic E-state index is 0.0533. The number of hydrogen-bond acceptors (Lipinski definition) is 2. The van der Waals surface area contributed by atoms with Gasteiger partial charge in [0.05, 0.1) is 12.7 Å². The molecule has 0 aromatic heterocycles. The normalized spacial score (nSPS) is 35.1. The predicted molar refractivity (Wildman–Crippen MR) is 52.9 cm³/mol. The van der Waals surface area contributed by atoms with Gasteiger partial charge in [-0.05, 0) is 24.5 Å². The van der Waals surface area contributed by atoms with Crippen LogP contribution in [0, 0.1) is 5.92 Å². The summed E-state index contributed by atoms with van der Waals surface area (Å²) in [5.41, 5.74) is 2.80. The molecule has 0 spiro atoms. The van der Waals surface area contributed by atoms with Crippen LogP contribution in [0.15, 0.2) is 24.3 Å². The molecule has 2 heteroatoms. The molecule has 1 aromatic carbocycles. The summed E-state index contributed by atoms with van der Waals surface area (Å²) < 4.78 is 11.3. The molecule has 1 fully saturated rings. The molecule has 1 aliphatic carbocycles. The van der Waals surface area contributed by atoms with E-state index in [2.05, 4.69) is 24.3 Å². The summed E-state index contributed by atoms with van der Waals surface area (Å²) in [6.07, 6.45) is 1.32. The van der Waals surface area contributed by atoms with E-state index in [0.29, 0.717) is 5.92 Å². The van der Waals surface area contributed by atoms with E-state index < -0.39 is 0 Å². The van der Waals surface area contributed by atoms with Gasteiger partial charge in [-0.15, -0.1) is 0 Å². The topological polar surface area (TPSA) is 18.5 Å². The Kier molecular flexibility index (Phi) is 1.85. The first-order valence-electron chi connectivity index (χ1n) is 5.19. The molecule has 2 aliphatic rings. The van der Waals surface area contributed by atoms with Gasteiger partial charge >= 0.3 is 0 Å². The standard InChI is InChI=1S/C12H14O2/c1-8-13-7-10-6-9-4-2-3-5-11(9)12(10)14-8/h2-5,8,10,12H,6-7H2,1H3/t8-,10+,12+/m0/s1. The molecule has 2 nitrogen and oxygen atoms in total. The summed E-state index contributed by atoms with van der Waals surface area (Å²) in [6.45, 7) is 2.80. The minimum atomic E-state index is -0.0533. The van der Waals surface area contributed by atoms with Crippen LogP contribution in [0.1, 0.15) is 24.2 Å². The quantitative estimate of drug-likeness (QED) is 0.625. The molecule has 3 rings (SSSR count). The zero-order valence-electron chi connectivity index (χ0n) is 8.27. The van der Waals surface area contributed by atoms with Crippen molar-refractivity contribution < 1.29 is 9.47 Å². The smallest absolute Gasteiger partial charge is 0.155 e. The van der Waals surface area contributed by atoms with Gasteiger partial charge in [-0.25, -0.2) is 0 Å². The highest BCUT2D eigenvalue weighted by molar-refractivity contribution is 5.35. The Morgan fingerprint density at radius 2 is 2.14 bits per heavy atom. The lowest BCUT2D eigenvalue weighted by Crippen LogP contribution is -2.30. The van der Waals surface area contributed by atoms with Gasteiger partial charge in [-0.1, -0.05) is 24.3 Å². The van der Waals surface area contributed by atoms with E-state index in [4.69, 9.17) is 9.47 Å². The SMILES string of the molecule is C[C@H]1OC[C@H]2Cc3ccccc3[C@@H]2O1. The van der Waals surface area contributed by atoms with Crippen molar-refractivity contribution in [2.45, 2.75) is 25.7 Å². The van der Waals surface area contributed by atoms with Crippen molar-refractivity contribution in [3.63, 3.8) is 0 Å². The number of hydrogen-bond donors (Lipinski definition) is 0. The fourth-order valence-electron chi connectivity index (χ4n) is 2.48. The van der Waals surface area contributed by atoms with Crippen molar-refractivity contribution in [1.82, 2.24) is 0 Å². The first-order chi connectivity index (χ1) is 6.84. The van der Waals surface area contributed by atoms with Crippen molar-refractivity contribution in [2.75, 3.05) is 6.61 Å². The number of benzene rings is 1. The van der Waals surface area contributed by atoms with Gasteiger partial charge in [-0.3, -0.25) is 0 Å². The third-order valence-electron chi connectivity index (χ3n) is 3.16. The van der Waals surface area contributed by atoms with Crippen LogP contribution in [0.25, 0.3) is 0 Å². The van der Waals surface area contributed by atoms with E-state index in [-0.39, 0.29) is 12.4 Å². The highest BCUT2D eigenvalue weighted by Crippen LogP contribution is 2.41. The van der Waals surface area contributed by atoms with Gasteiger partial charge in [-0.2, -0.15) is 0 Å². The molecular weight excluding hydrogens is 176 g/mol. The van der Waals surface area contributed by atoms with Crippen molar-refractivity contribution in [1.29, 1.82) is 0 Å². The molecule has 0 amide bonds. The first-order valence-corrected chi connectivity index (χ1v) is 5.19. The van der Waals surface area contributed by atoms with E-state index in [1.165, 1.54) is 11.1 Å². The van der Waals surface area contributed by atoms with Crippen molar-refractivity contribution in [2.24, 2.45) is 5.92 Å². The summed E-state index contributed by atoms with van der Waals surface area (Å²) >= 11 is 0. The summed E-state index contributed by atoms with van der Waals surface area (Å²) in [6, 6.07) is 8.56. The zero-order valence-corrected chi connectivity index (χ0v) is 8.27. The Bertz CT molecular complexity index is 348. The monoisotopic (exact) mass is 190 g/mol. The summed E-state index contributed by atoms with van der Waals surface area (Å²) in [4.78, 5) is 0. The summed E-state index contributed by atoms with van der Waals surface area (Å²) in [7, 11) is 0. The Balaban J connectivity index is 1.97. The van der Waals surface area contributed by atoms with Crippen LogP contribution in [-0.4, -0.2) is 12.9 Å². The molecule has 1 aliphatic heterocycles. The average Bonchev–Trinajstić information content (AvgIpc) is 2.56. The van der Waals surface area contributed by atoms with Crippen LogP contribution < -0.4 is 0 Å². The number of fused-ring (bicyclic) bond motifs is 3. The molecule has 14 heavy (non-hydrogen) atoms. The third-order valence-corrected chi connectivity index (χ3v) is 3.16. The lowest BCUT2D eigenvalue weighted by molar-refractivity contribution is -0.225. The van der Waals surface area contributed by atoms with Crippen LogP contribution in [0.5, 0.6) is 0 Å². The fraction of sp³-hybridized carbons (Fsp3) is 0.500. The maximum Gasteiger partial charge on any atom is 0.155 e. The number of ether oxygens (including phenoxy) is 2. The lowest BCUT2D eigenvalue weighted by atomic mass is 10.0. The molecule has 74 valence electrons.